The Bertz CT molecular complexity index is 695. The molecule has 0 aliphatic heterocycles. The van der Waals surface area contributed by atoms with Crippen LogP contribution in [0.5, 0.6) is 0 Å². The number of benzene rings is 1. The molecule has 3 rings (SSSR count). The average Bonchev–Trinajstić information content (AvgIpc) is 2.40. The van der Waals surface area contributed by atoms with Crippen LogP contribution in [-0.2, 0) is 6.54 Å². The maximum atomic E-state index is 12.1. The molecule has 0 radical (unpaired) electrons. The highest BCUT2D eigenvalue weighted by Gasteiger charge is 2.21. The molecule has 0 bridgehead atoms. The van der Waals surface area contributed by atoms with Crippen molar-refractivity contribution in [3.8, 4) is 0 Å². The molecule has 1 aliphatic rings. The van der Waals surface area contributed by atoms with E-state index < -0.39 is 6.10 Å². The van der Waals surface area contributed by atoms with Crippen molar-refractivity contribution in [3.05, 3.63) is 63.3 Å². The number of aromatic nitrogens is 2. The van der Waals surface area contributed by atoms with E-state index in [9.17, 15) is 9.90 Å². The van der Waals surface area contributed by atoms with Crippen molar-refractivity contribution in [2.24, 2.45) is 0 Å². The minimum atomic E-state index is -0.780. The Morgan fingerprint density at radius 3 is 2.81 bits per heavy atom. The van der Waals surface area contributed by atoms with Gasteiger partial charge in [0.25, 0.3) is 5.56 Å². The van der Waals surface area contributed by atoms with Crippen LogP contribution in [0.25, 0.3) is 0 Å². The maximum absolute atomic E-state index is 12.1. The fourth-order valence-electron chi connectivity index (χ4n) is 2.51. The summed E-state index contributed by atoms with van der Waals surface area (Å²) in [5.41, 5.74) is 1.45. The molecule has 110 valence electrons. The topological polar surface area (TPSA) is 55.1 Å². The molecule has 1 atom stereocenters. The lowest BCUT2D eigenvalue weighted by atomic mass is 9.83. The van der Waals surface area contributed by atoms with Crippen LogP contribution in [0.3, 0.4) is 0 Å². The molecule has 1 aromatic heterocycles. The van der Waals surface area contributed by atoms with Gasteiger partial charge in [-0.15, -0.1) is 0 Å². The average molecular weight is 305 g/mol. The Labute approximate surface area is 128 Å². The molecular weight excluding hydrogens is 288 g/mol. The van der Waals surface area contributed by atoms with Crippen LogP contribution in [0.4, 0.5) is 0 Å². The van der Waals surface area contributed by atoms with Gasteiger partial charge in [-0.2, -0.15) is 0 Å². The number of halogens is 1. The normalized spacial score (nSPS) is 16.5. The van der Waals surface area contributed by atoms with Gasteiger partial charge in [0.2, 0.25) is 0 Å². The molecule has 5 heteroatoms. The Hall–Kier alpha value is -1.65. The first kappa shape index (κ1) is 14.3. The summed E-state index contributed by atoms with van der Waals surface area (Å²) in [4.78, 5) is 16.5. The van der Waals surface area contributed by atoms with Crippen molar-refractivity contribution in [1.29, 1.82) is 0 Å². The number of nitrogens with zero attached hydrogens (tertiary/aromatic N) is 2. The Morgan fingerprint density at radius 2 is 2.19 bits per heavy atom. The van der Waals surface area contributed by atoms with Crippen molar-refractivity contribution in [1.82, 2.24) is 9.55 Å². The van der Waals surface area contributed by atoms with Crippen LogP contribution < -0.4 is 5.56 Å². The molecule has 2 aromatic rings. The fraction of sp³-hybridized carbons (Fsp3) is 0.375. The molecule has 1 saturated carbocycles. The highest BCUT2D eigenvalue weighted by Crippen LogP contribution is 2.34. The SMILES string of the molecule is O=c1cc(C2CCC2)ncn1CC(O)c1cccc(Cl)c1. The van der Waals surface area contributed by atoms with Gasteiger partial charge in [0, 0.05) is 17.0 Å². The van der Waals surface area contributed by atoms with Gasteiger partial charge in [0.1, 0.15) is 0 Å². The molecule has 1 heterocycles. The van der Waals surface area contributed by atoms with Crippen LogP contribution in [0, 0.1) is 0 Å². The summed E-state index contributed by atoms with van der Waals surface area (Å²) < 4.78 is 1.44. The lowest BCUT2D eigenvalue weighted by molar-refractivity contribution is 0.154. The minimum Gasteiger partial charge on any atom is -0.387 e. The van der Waals surface area contributed by atoms with Gasteiger partial charge in [0.15, 0.2) is 0 Å². The van der Waals surface area contributed by atoms with Crippen LogP contribution in [0.2, 0.25) is 5.02 Å². The first-order chi connectivity index (χ1) is 10.1. The molecule has 0 spiro atoms. The first-order valence-electron chi connectivity index (χ1n) is 7.13. The van der Waals surface area contributed by atoms with E-state index in [0.29, 0.717) is 16.5 Å². The minimum absolute atomic E-state index is 0.118. The van der Waals surface area contributed by atoms with Crippen LogP contribution in [0.1, 0.15) is 42.5 Å². The van der Waals surface area contributed by atoms with Crippen LogP contribution >= 0.6 is 11.6 Å². The molecule has 0 amide bonds. The van der Waals surface area contributed by atoms with Crippen molar-refractivity contribution in [2.45, 2.75) is 37.8 Å². The highest BCUT2D eigenvalue weighted by atomic mass is 35.5. The van der Waals surface area contributed by atoms with Gasteiger partial charge >= 0.3 is 0 Å². The Kier molecular flexibility index (Phi) is 4.08. The third-order valence-corrected chi connectivity index (χ3v) is 4.26. The molecule has 21 heavy (non-hydrogen) atoms. The molecule has 1 aromatic carbocycles. The second-order valence-corrected chi connectivity index (χ2v) is 5.94. The second-order valence-electron chi connectivity index (χ2n) is 5.50. The highest BCUT2D eigenvalue weighted by molar-refractivity contribution is 6.30. The van der Waals surface area contributed by atoms with Gasteiger partial charge in [-0.1, -0.05) is 30.2 Å². The van der Waals surface area contributed by atoms with Crippen molar-refractivity contribution < 1.29 is 5.11 Å². The quantitative estimate of drug-likeness (QED) is 0.945. The summed E-state index contributed by atoms with van der Waals surface area (Å²) in [5.74, 6) is 0.435. The van der Waals surface area contributed by atoms with E-state index in [1.54, 1.807) is 30.3 Å². The number of aliphatic hydroxyl groups is 1. The van der Waals surface area contributed by atoms with E-state index in [1.807, 2.05) is 0 Å². The third kappa shape index (κ3) is 3.17. The van der Waals surface area contributed by atoms with E-state index in [2.05, 4.69) is 4.98 Å². The second kappa shape index (κ2) is 6.00. The number of aliphatic hydroxyl groups excluding tert-OH is 1. The Balaban J connectivity index is 1.76. The van der Waals surface area contributed by atoms with E-state index >= 15 is 0 Å². The molecule has 1 fully saturated rings. The van der Waals surface area contributed by atoms with E-state index in [1.165, 1.54) is 17.3 Å². The number of hydrogen-bond acceptors (Lipinski definition) is 3. The number of hydrogen-bond donors (Lipinski definition) is 1. The summed E-state index contributed by atoms with van der Waals surface area (Å²) >= 11 is 5.91. The summed E-state index contributed by atoms with van der Waals surface area (Å²) in [6.07, 6.45) is 4.19. The zero-order valence-electron chi connectivity index (χ0n) is 11.6. The molecule has 4 nitrogen and oxygen atoms in total. The maximum Gasteiger partial charge on any atom is 0.253 e. The molecule has 0 saturated heterocycles. The fourth-order valence-corrected chi connectivity index (χ4v) is 2.71. The lowest BCUT2D eigenvalue weighted by Gasteiger charge is -2.24. The number of rotatable bonds is 4. The molecule has 1 unspecified atom stereocenters. The predicted molar refractivity (Wildman–Crippen MR) is 81.5 cm³/mol. The van der Waals surface area contributed by atoms with Gasteiger partial charge in [-0.25, -0.2) is 4.98 Å². The zero-order valence-corrected chi connectivity index (χ0v) is 12.3. The van der Waals surface area contributed by atoms with Crippen molar-refractivity contribution in [3.63, 3.8) is 0 Å². The van der Waals surface area contributed by atoms with Gasteiger partial charge in [-0.05, 0) is 30.5 Å². The first-order valence-corrected chi connectivity index (χ1v) is 7.51. The summed E-state index contributed by atoms with van der Waals surface area (Å²) in [6.45, 7) is 0.178. The monoisotopic (exact) mass is 304 g/mol. The molecular formula is C16H17ClN2O2. The van der Waals surface area contributed by atoms with Gasteiger partial charge in [0.05, 0.1) is 24.7 Å². The van der Waals surface area contributed by atoms with Crippen molar-refractivity contribution >= 4 is 11.6 Å². The standard InChI is InChI=1S/C16H17ClN2O2/c17-13-6-2-5-12(7-13)15(20)9-19-10-18-14(8-16(19)21)11-3-1-4-11/h2,5-8,10-11,15,20H,1,3-4,9H2. The summed E-state index contributed by atoms with van der Waals surface area (Å²) in [6, 6.07) is 8.61. The van der Waals surface area contributed by atoms with Crippen LogP contribution in [-0.4, -0.2) is 14.7 Å². The molecule has 1 N–H and O–H groups in total. The molecule has 1 aliphatic carbocycles. The Morgan fingerprint density at radius 1 is 1.38 bits per heavy atom. The zero-order chi connectivity index (χ0) is 14.8. The van der Waals surface area contributed by atoms with E-state index in [4.69, 9.17) is 11.6 Å². The van der Waals surface area contributed by atoms with Crippen LogP contribution in [0.15, 0.2) is 41.5 Å². The van der Waals surface area contributed by atoms with E-state index in [0.717, 1.165) is 18.5 Å². The summed E-state index contributed by atoms with van der Waals surface area (Å²) in [7, 11) is 0. The predicted octanol–water partition coefficient (Wildman–Crippen LogP) is 2.90. The largest absolute Gasteiger partial charge is 0.387 e. The van der Waals surface area contributed by atoms with E-state index in [-0.39, 0.29) is 12.1 Å². The van der Waals surface area contributed by atoms with Gasteiger partial charge in [-0.3, -0.25) is 9.36 Å². The smallest absolute Gasteiger partial charge is 0.253 e. The van der Waals surface area contributed by atoms with Crippen molar-refractivity contribution in [2.75, 3.05) is 0 Å². The lowest BCUT2D eigenvalue weighted by Crippen LogP contribution is -2.25. The summed E-state index contributed by atoms with van der Waals surface area (Å²) in [5, 5.41) is 10.8. The third-order valence-electron chi connectivity index (χ3n) is 4.03. The van der Waals surface area contributed by atoms with Gasteiger partial charge < -0.3 is 5.11 Å².